The lowest BCUT2D eigenvalue weighted by Crippen LogP contribution is -2.32. The summed E-state index contributed by atoms with van der Waals surface area (Å²) in [5.74, 6) is 1.51. The van der Waals surface area contributed by atoms with E-state index in [1.807, 2.05) is 18.4 Å². The zero-order valence-corrected chi connectivity index (χ0v) is 13.5. The van der Waals surface area contributed by atoms with Gasteiger partial charge < -0.3 is 5.32 Å². The first-order valence-electron chi connectivity index (χ1n) is 7.00. The molecule has 3 rings (SSSR count). The lowest BCUT2D eigenvalue weighted by atomic mass is 10.3. The van der Waals surface area contributed by atoms with Crippen LogP contribution in [0.1, 0.15) is 18.7 Å². The van der Waals surface area contributed by atoms with E-state index in [4.69, 9.17) is 0 Å². The molecule has 0 bridgehead atoms. The Balaban J connectivity index is 1.68. The van der Waals surface area contributed by atoms with Gasteiger partial charge in [0.05, 0.1) is 11.1 Å². The highest BCUT2D eigenvalue weighted by Gasteiger charge is 2.24. The molecule has 6 nitrogen and oxygen atoms in total. The number of aromatic nitrogens is 2. The maximum atomic E-state index is 12.2. The largest absolute Gasteiger partial charge is 0.368 e. The summed E-state index contributed by atoms with van der Waals surface area (Å²) in [4.78, 5) is 9.65. The van der Waals surface area contributed by atoms with Gasteiger partial charge in [-0.3, -0.25) is 0 Å². The minimum Gasteiger partial charge on any atom is -0.368 e. The summed E-state index contributed by atoms with van der Waals surface area (Å²) in [6, 6.07) is 1.96. The molecule has 1 N–H and O–H groups in total. The van der Waals surface area contributed by atoms with Gasteiger partial charge in [-0.15, -0.1) is 11.3 Å². The van der Waals surface area contributed by atoms with Crippen LogP contribution in [0.3, 0.4) is 0 Å². The number of nitrogens with zero attached hydrogens (tertiary/aromatic N) is 3. The van der Waals surface area contributed by atoms with Gasteiger partial charge in [0.25, 0.3) is 0 Å². The molecule has 1 aliphatic heterocycles. The third-order valence-corrected chi connectivity index (χ3v) is 6.23. The molecule has 21 heavy (non-hydrogen) atoms. The molecule has 2 aromatic heterocycles. The minimum absolute atomic E-state index is 0.0989. The van der Waals surface area contributed by atoms with Crippen molar-refractivity contribution in [2.75, 3.05) is 30.7 Å². The van der Waals surface area contributed by atoms with Crippen molar-refractivity contribution in [3.8, 4) is 0 Å². The second-order valence-electron chi connectivity index (χ2n) is 5.11. The van der Waals surface area contributed by atoms with Gasteiger partial charge in [0, 0.05) is 19.6 Å². The molecule has 1 aliphatic rings. The summed E-state index contributed by atoms with van der Waals surface area (Å²) >= 11 is 1.56. The number of hydrogen-bond donors (Lipinski definition) is 1. The lowest BCUT2D eigenvalue weighted by molar-refractivity contribution is 0.478. The van der Waals surface area contributed by atoms with E-state index in [0.717, 1.165) is 28.9 Å². The van der Waals surface area contributed by atoms with Crippen LogP contribution in [0, 0.1) is 6.92 Å². The van der Waals surface area contributed by atoms with E-state index in [2.05, 4.69) is 15.3 Å². The molecule has 0 atom stereocenters. The number of rotatable bonds is 5. The third kappa shape index (κ3) is 3.17. The fraction of sp³-hybridized carbons (Fsp3) is 0.538. The molecule has 0 aromatic carbocycles. The van der Waals surface area contributed by atoms with Crippen LogP contribution in [-0.4, -0.2) is 48.1 Å². The maximum absolute atomic E-state index is 12.2. The Morgan fingerprint density at radius 1 is 1.33 bits per heavy atom. The molecule has 8 heteroatoms. The summed E-state index contributed by atoms with van der Waals surface area (Å²) in [6.07, 6.45) is 1.93. The van der Waals surface area contributed by atoms with Crippen LogP contribution in [0.2, 0.25) is 0 Å². The van der Waals surface area contributed by atoms with E-state index >= 15 is 0 Å². The predicted molar refractivity (Wildman–Crippen MR) is 85.2 cm³/mol. The summed E-state index contributed by atoms with van der Waals surface area (Å²) in [5.41, 5.74) is 0. The molecule has 0 saturated carbocycles. The zero-order chi connectivity index (χ0) is 14.9. The molecule has 2 aromatic rings. The second-order valence-corrected chi connectivity index (χ2v) is 8.09. The highest BCUT2D eigenvalue weighted by atomic mass is 32.2. The number of aryl methyl sites for hydroxylation is 1. The minimum atomic E-state index is -3.15. The van der Waals surface area contributed by atoms with E-state index in [1.54, 1.807) is 15.6 Å². The smallest absolute Gasteiger partial charge is 0.215 e. The van der Waals surface area contributed by atoms with Crippen LogP contribution in [0.15, 0.2) is 11.4 Å². The number of nitrogens with one attached hydrogen (secondary N) is 1. The van der Waals surface area contributed by atoms with Crippen LogP contribution in [0.5, 0.6) is 0 Å². The molecule has 1 fully saturated rings. The number of fused-ring (bicyclic) bond motifs is 1. The summed E-state index contributed by atoms with van der Waals surface area (Å²) in [6.45, 7) is 3.51. The van der Waals surface area contributed by atoms with Crippen molar-refractivity contribution in [1.82, 2.24) is 14.3 Å². The Labute approximate surface area is 128 Å². The standard InChI is InChI=1S/C13H18N4O2S2/c1-10-15-12(11-4-8-20-13(11)16-10)14-5-9-21(18,19)17-6-2-3-7-17/h4,8H,2-3,5-7,9H2,1H3,(H,14,15,16). The Morgan fingerprint density at radius 3 is 2.86 bits per heavy atom. The first-order valence-corrected chi connectivity index (χ1v) is 9.49. The molecule has 3 heterocycles. The van der Waals surface area contributed by atoms with E-state index in [0.29, 0.717) is 25.5 Å². The van der Waals surface area contributed by atoms with E-state index in [9.17, 15) is 8.42 Å². The van der Waals surface area contributed by atoms with E-state index < -0.39 is 10.0 Å². The summed E-state index contributed by atoms with van der Waals surface area (Å²) in [5, 5.41) is 6.06. The van der Waals surface area contributed by atoms with E-state index in [1.165, 1.54) is 0 Å². The molecular weight excluding hydrogens is 308 g/mol. The van der Waals surface area contributed by atoms with Crippen molar-refractivity contribution >= 4 is 37.4 Å². The molecule has 1 saturated heterocycles. The summed E-state index contributed by atoms with van der Waals surface area (Å²) < 4.78 is 25.9. The number of anilines is 1. The SMILES string of the molecule is Cc1nc(NCCS(=O)(=O)N2CCCC2)c2ccsc2n1. The van der Waals surface area contributed by atoms with Crippen molar-refractivity contribution in [2.45, 2.75) is 19.8 Å². The Hall–Kier alpha value is -1.25. The molecule has 0 amide bonds. The topological polar surface area (TPSA) is 75.2 Å². The molecule has 0 spiro atoms. The fourth-order valence-corrected chi connectivity index (χ4v) is 4.73. The second kappa shape index (κ2) is 5.86. The Kier molecular flexibility index (Phi) is 4.10. The quantitative estimate of drug-likeness (QED) is 0.907. The van der Waals surface area contributed by atoms with Gasteiger partial charge in [-0.1, -0.05) is 0 Å². The van der Waals surface area contributed by atoms with Crippen molar-refractivity contribution in [2.24, 2.45) is 0 Å². The molecular formula is C13H18N4O2S2. The van der Waals surface area contributed by atoms with Crippen LogP contribution >= 0.6 is 11.3 Å². The average Bonchev–Trinajstić information content (AvgIpc) is 3.09. The monoisotopic (exact) mass is 326 g/mol. The maximum Gasteiger partial charge on any atom is 0.215 e. The first kappa shape index (κ1) is 14.7. The third-order valence-electron chi connectivity index (χ3n) is 3.55. The predicted octanol–water partition coefficient (Wildman–Crippen LogP) is 1.84. The van der Waals surface area contributed by atoms with Crippen LogP contribution in [0.4, 0.5) is 5.82 Å². The Morgan fingerprint density at radius 2 is 2.10 bits per heavy atom. The zero-order valence-electron chi connectivity index (χ0n) is 11.9. The van der Waals surface area contributed by atoms with Crippen molar-refractivity contribution in [3.05, 3.63) is 17.3 Å². The highest BCUT2D eigenvalue weighted by molar-refractivity contribution is 7.89. The van der Waals surface area contributed by atoms with Crippen molar-refractivity contribution < 1.29 is 8.42 Å². The highest BCUT2D eigenvalue weighted by Crippen LogP contribution is 2.24. The number of hydrogen-bond acceptors (Lipinski definition) is 6. The van der Waals surface area contributed by atoms with Crippen molar-refractivity contribution in [3.63, 3.8) is 0 Å². The molecule has 0 radical (unpaired) electrons. The Bertz CT molecular complexity index is 736. The van der Waals surface area contributed by atoms with Gasteiger partial charge in [-0.2, -0.15) is 0 Å². The van der Waals surface area contributed by atoms with Gasteiger partial charge in [-0.05, 0) is 31.2 Å². The molecule has 0 aliphatic carbocycles. The van der Waals surface area contributed by atoms with Gasteiger partial charge in [-0.25, -0.2) is 22.7 Å². The molecule has 0 unspecified atom stereocenters. The van der Waals surface area contributed by atoms with E-state index in [-0.39, 0.29) is 5.75 Å². The van der Waals surface area contributed by atoms with Crippen LogP contribution in [0.25, 0.3) is 10.2 Å². The normalized spacial score (nSPS) is 16.6. The molecule has 114 valence electrons. The fourth-order valence-electron chi connectivity index (χ4n) is 2.49. The number of thiophene rings is 1. The number of sulfonamides is 1. The lowest BCUT2D eigenvalue weighted by Gasteiger charge is -2.15. The first-order chi connectivity index (χ1) is 10.1. The van der Waals surface area contributed by atoms with Gasteiger partial charge >= 0.3 is 0 Å². The van der Waals surface area contributed by atoms with Crippen LogP contribution < -0.4 is 5.32 Å². The van der Waals surface area contributed by atoms with Gasteiger partial charge in [0.2, 0.25) is 10.0 Å². The van der Waals surface area contributed by atoms with Crippen LogP contribution in [-0.2, 0) is 10.0 Å². The average molecular weight is 326 g/mol. The van der Waals surface area contributed by atoms with Crippen molar-refractivity contribution in [1.29, 1.82) is 0 Å². The van der Waals surface area contributed by atoms with Gasteiger partial charge in [0.15, 0.2) is 0 Å². The van der Waals surface area contributed by atoms with Gasteiger partial charge in [0.1, 0.15) is 16.5 Å². The summed E-state index contributed by atoms with van der Waals surface area (Å²) in [7, 11) is -3.15.